The summed E-state index contributed by atoms with van der Waals surface area (Å²) in [4.78, 5) is 12.2. The smallest absolute Gasteiger partial charge is 0.162 e. The van der Waals surface area contributed by atoms with E-state index in [9.17, 15) is 4.79 Å². The van der Waals surface area contributed by atoms with Gasteiger partial charge in [0.2, 0.25) is 0 Å². The molecule has 0 fully saturated rings. The molecule has 3 aromatic carbocycles. The molecule has 4 nitrogen and oxygen atoms in total. The maximum absolute atomic E-state index is 12.2. The summed E-state index contributed by atoms with van der Waals surface area (Å²) in [6.45, 7) is 2.08. The summed E-state index contributed by atoms with van der Waals surface area (Å²) in [6.07, 6.45) is 1.93. The standard InChI is InChI=1S/C31H30O4/c1-5-6-12-28(32)25-17-13-24(14-18-25)16-20-29(33-2)27-22-31(35-4)30(34-3)21-26(27)19-15-23-10-8-7-9-11-23/h7-11,13-14,17-18,21-22,29H,5-6,12H2,1-4H3. The summed E-state index contributed by atoms with van der Waals surface area (Å²) in [7, 11) is 4.80. The average Bonchev–Trinajstić information content (AvgIpc) is 2.91. The van der Waals surface area contributed by atoms with E-state index in [1.807, 2.05) is 66.7 Å². The molecule has 0 aromatic heterocycles. The molecule has 0 heterocycles. The van der Waals surface area contributed by atoms with Gasteiger partial charge < -0.3 is 14.2 Å². The van der Waals surface area contributed by atoms with Crippen LogP contribution in [0.5, 0.6) is 11.5 Å². The fourth-order valence-electron chi connectivity index (χ4n) is 3.51. The highest BCUT2D eigenvalue weighted by atomic mass is 16.5. The Kier molecular flexibility index (Phi) is 9.55. The van der Waals surface area contributed by atoms with Gasteiger partial charge in [-0.15, -0.1) is 0 Å². The zero-order valence-corrected chi connectivity index (χ0v) is 20.7. The monoisotopic (exact) mass is 466 g/mol. The molecule has 0 saturated carbocycles. The lowest BCUT2D eigenvalue weighted by molar-refractivity contribution is 0.0979. The van der Waals surface area contributed by atoms with Gasteiger partial charge in [0.15, 0.2) is 17.3 Å². The summed E-state index contributed by atoms with van der Waals surface area (Å²) < 4.78 is 16.7. The van der Waals surface area contributed by atoms with E-state index < -0.39 is 6.10 Å². The molecule has 0 bridgehead atoms. The predicted octanol–water partition coefficient (Wildman–Crippen LogP) is 6.22. The van der Waals surface area contributed by atoms with Crippen LogP contribution in [0.15, 0.2) is 66.7 Å². The Labute approximate surface area is 208 Å². The van der Waals surface area contributed by atoms with Crippen LogP contribution in [0.1, 0.15) is 64.9 Å². The summed E-state index contributed by atoms with van der Waals surface area (Å²) in [6, 6.07) is 20.9. The molecule has 0 spiro atoms. The minimum atomic E-state index is -0.541. The van der Waals surface area contributed by atoms with Crippen molar-refractivity contribution in [1.29, 1.82) is 0 Å². The van der Waals surface area contributed by atoms with Crippen LogP contribution >= 0.6 is 0 Å². The second-order valence-corrected chi connectivity index (χ2v) is 7.90. The van der Waals surface area contributed by atoms with Crippen molar-refractivity contribution in [3.63, 3.8) is 0 Å². The lowest BCUT2D eigenvalue weighted by Crippen LogP contribution is -2.04. The molecule has 0 aliphatic heterocycles. The number of hydrogen-bond donors (Lipinski definition) is 0. The van der Waals surface area contributed by atoms with Gasteiger partial charge in [-0.1, -0.05) is 67.4 Å². The van der Waals surface area contributed by atoms with E-state index in [2.05, 4.69) is 30.6 Å². The first-order chi connectivity index (χ1) is 17.1. The van der Waals surface area contributed by atoms with Crippen LogP contribution in [-0.4, -0.2) is 27.1 Å². The van der Waals surface area contributed by atoms with Crippen LogP contribution in [-0.2, 0) is 4.74 Å². The van der Waals surface area contributed by atoms with Crippen molar-refractivity contribution in [3.05, 3.63) is 94.5 Å². The second-order valence-electron chi connectivity index (χ2n) is 7.90. The Morgan fingerprint density at radius 3 is 2.11 bits per heavy atom. The summed E-state index contributed by atoms with van der Waals surface area (Å²) >= 11 is 0. The Morgan fingerprint density at radius 2 is 1.49 bits per heavy atom. The molecule has 3 rings (SSSR count). The normalized spacial score (nSPS) is 10.9. The van der Waals surface area contributed by atoms with Crippen molar-refractivity contribution < 1.29 is 19.0 Å². The SMILES string of the molecule is CCCCC(=O)c1ccc(C#CC(OC)c2cc(OC)c(OC)cc2C#Cc2ccccc2)cc1. The fraction of sp³-hybridized carbons (Fsp3) is 0.258. The number of carbonyl (C=O) groups excluding carboxylic acids is 1. The topological polar surface area (TPSA) is 44.8 Å². The quantitative estimate of drug-likeness (QED) is 0.292. The van der Waals surface area contributed by atoms with Crippen LogP contribution in [0.3, 0.4) is 0 Å². The number of ketones is 1. The van der Waals surface area contributed by atoms with Crippen LogP contribution < -0.4 is 9.47 Å². The molecular formula is C31H30O4. The molecule has 1 unspecified atom stereocenters. The second kappa shape index (κ2) is 13.0. The lowest BCUT2D eigenvalue weighted by atomic mass is 10.00. The third-order valence-corrected chi connectivity index (χ3v) is 5.50. The number of Topliss-reactive ketones (excluding diaryl/α,β-unsaturated/α-hetero) is 1. The number of ether oxygens (including phenoxy) is 3. The van der Waals surface area contributed by atoms with Gasteiger partial charge in [-0.2, -0.15) is 0 Å². The van der Waals surface area contributed by atoms with E-state index >= 15 is 0 Å². The van der Waals surface area contributed by atoms with Gasteiger partial charge in [-0.05, 0) is 36.8 Å². The molecule has 1 atom stereocenters. The van der Waals surface area contributed by atoms with Gasteiger partial charge in [0.1, 0.15) is 6.10 Å². The largest absolute Gasteiger partial charge is 0.493 e. The van der Waals surface area contributed by atoms with E-state index in [0.29, 0.717) is 23.5 Å². The first-order valence-electron chi connectivity index (χ1n) is 11.6. The lowest BCUT2D eigenvalue weighted by Gasteiger charge is -2.16. The Balaban J connectivity index is 1.94. The van der Waals surface area contributed by atoms with Crippen molar-refractivity contribution in [2.45, 2.75) is 32.3 Å². The van der Waals surface area contributed by atoms with Crippen LogP contribution in [0.4, 0.5) is 0 Å². The molecule has 0 saturated heterocycles. The van der Waals surface area contributed by atoms with Gasteiger partial charge >= 0.3 is 0 Å². The molecule has 4 heteroatoms. The molecule has 0 aliphatic carbocycles. The highest BCUT2D eigenvalue weighted by molar-refractivity contribution is 5.96. The number of hydrogen-bond acceptors (Lipinski definition) is 4. The third kappa shape index (κ3) is 7.00. The predicted molar refractivity (Wildman–Crippen MR) is 139 cm³/mol. The Morgan fingerprint density at radius 1 is 0.829 bits per heavy atom. The van der Waals surface area contributed by atoms with Crippen molar-refractivity contribution in [1.82, 2.24) is 0 Å². The van der Waals surface area contributed by atoms with Crippen LogP contribution in [0.2, 0.25) is 0 Å². The summed E-state index contributed by atoms with van der Waals surface area (Å²) in [5.41, 5.74) is 3.95. The van der Waals surface area contributed by atoms with E-state index in [0.717, 1.165) is 35.1 Å². The number of unbranched alkanes of at least 4 members (excludes halogenated alkanes) is 1. The minimum Gasteiger partial charge on any atom is -0.493 e. The molecule has 35 heavy (non-hydrogen) atoms. The zero-order chi connectivity index (χ0) is 25.0. The first kappa shape index (κ1) is 25.6. The molecule has 178 valence electrons. The van der Waals surface area contributed by atoms with Gasteiger partial charge in [0.05, 0.1) is 14.2 Å². The van der Waals surface area contributed by atoms with Gasteiger partial charge in [0, 0.05) is 47.4 Å². The molecular weight excluding hydrogens is 436 g/mol. The number of methoxy groups -OCH3 is 3. The highest BCUT2D eigenvalue weighted by Crippen LogP contribution is 2.34. The van der Waals surface area contributed by atoms with Crippen LogP contribution in [0.25, 0.3) is 0 Å². The molecule has 0 aliphatic rings. The zero-order valence-electron chi connectivity index (χ0n) is 20.7. The van der Waals surface area contributed by atoms with Crippen molar-refractivity contribution in [2.24, 2.45) is 0 Å². The Hall–Kier alpha value is -3.99. The summed E-state index contributed by atoms with van der Waals surface area (Å²) in [5, 5.41) is 0. The number of benzene rings is 3. The molecule has 0 radical (unpaired) electrons. The first-order valence-corrected chi connectivity index (χ1v) is 11.6. The van der Waals surface area contributed by atoms with Crippen molar-refractivity contribution >= 4 is 5.78 Å². The molecule has 3 aromatic rings. The van der Waals surface area contributed by atoms with Crippen molar-refractivity contribution in [2.75, 3.05) is 21.3 Å². The number of rotatable bonds is 8. The van der Waals surface area contributed by atoms with Gasteiger partial charge in [0.25, 0.3) is 0 Å². The van der Waals surface area contributed by atoms with E-state index in [4.69, 9.17) is 14.2 Å². The van der Waals surface area contributed by atoms with E-state index in [-0.39, 0.29) is 5.78 Å². The average molecular weight is 467 g/mol. The summed E-state index contributed by atoms with van der Waals surface area (Å²) in [5.74, 6) is 14.1. The van der Waals surface area contributed by atoms with Crippen LogP contribution in [0, 0.1) is 23.7 Å². The maximum atomic E-state index is 12.2. The van der Waals surface area contributed by atoms with E-state index in [1.165, 1.54) is 0 Å². The van der Waals surface area contributed by atoms with Gasteiger partial charge in [-0.25, -0.2) is 0 Å². The van der Waals surface area contributed by atoms with Gasteiger partial charge in [-0.3, -0.25) is 4.79 Å². The third-order valence-electron chi connectivity index (χ3n) is 5.50. The number of carbonyl (C=O) groups is 1. The molecule has 0 amide bonds. The fourth-order valence-corrected chi connectivity index (χ4v) is 3.51. The van der Waals surface area contributed by atoms with E-state index in [1.54, 1.807) is 21.3 Å². The maximum Gasteiger partial charge on any atom is 0.162 e. The minimum absolute atomic E-state index is 0.160. The van der Waals surface area contributed by atoms with Crippen molar-refractivity contribution in [3.8, 4) is 35.2 Å². The highest BCUT2D eigenvalue weighted by Gasteiger charge is 2.17. The molecule has 0 N–H and O–H groups in total. The Bertz CT molecular complexity index is 1250.